The molecule has 0 saturated carbocycles. The van der Waals surface area contributed by atoms with Crippen LogP contribution in [0.3, 0.4) is 0 Å². The minimum Gasteiger partial charge on any atom is -0.491 e. The van der Waals surface area contributed by atoms with Crippen LogP contribution < -0.4 is 4.74 Å². The lowest BCUT2D eigenvalue weighted by Gasteiger charge is -2.17. The molecule has 0 unspecified atom stereocenters. The Bertz CT molecular complexity index is 1370. The Hall–Kier alpha value is -3.67. The summed E-state index contributed by atoms with van der Waals surface area (Å²) in [6, 6.07) is 13.0. The minimum absolute atomic E-state index is 0.109. The van der Waals surface area contributed by atoms with Gasteiger partial charge in [0.25, 0.3) is 0 Å². The van der Waals surface area contributed by atoms with Crippen LogP contribution in [-0.4, -0.2) is 22.7 Å². The highest BCUT2D eigenvalue weighted by molar-refractivity contribution is 5.96. The van der Waals surface area contributed by atoms with Gasteiger partial charge in [0, 0.05) is 16.5 Å². The van der Waals surface area contributed by atoms with Crippen molar-refractivity contribution in [2.24, 2.45) is 0 Å². The molecule has 4 nitrogen and oxygen atoms in total. The monoisotopic (exact) mass is 433 g/mol. The van der Waals surface area contributed by atoms with E-state index >= 15 is 4.39 Å². The van der Waals surface area contributed by atoms with Gasteiger partial charge in [-0.25, -0.2) is 13.6 Å². The molecule has 1 aromatic heterocycles. The van der Waals surface area contributed by atoms with Crippen molar-refractivity contribution in [1.29, 1.82) is 0 Å². The number of carboxylic acid groups (broad SMARTS) is 1. The Labute approximate surface area is 183 Å². The van der Waals surface area contributed by atoms with Gasteiger partial charge in [-0.1, -0.05) is 31.2 Å². The number of carbonyl (C=O) groups is 1. The Morgan fingerprint density at radius 3 is 2.66 bits per heavy atom. The zero-order chi connectivity index (χ0) is 22.4. The number of ether oxygens (including phenoxy) is 1. The van der Waals surface area contributed by atoms with Gasteiger partial charge in [0.15, 0.2) is 17.4 Å². The number of aryl methyl sites for hydroxylation is 2. The van der Waals surface area contributed by atoms with E-state index in [1.54, 1.807) is 30.3 Å². The number of nitrogens with one attached hydrogen (secondary N) is 1. The summed E-state index contributed by atoms with van der Waals surface area (Å²) in [7, 11) is 0. The van der Waals surface area contributed by atoms with E-state index in [0.29, 0.717) is 36.1 Å². The summed E-state index contributed by atoms with van der Waals surface area (Å²) in [6.45, 7) is 2.32. The van der Waals surface area contributed by atoms with Crippen LogP contribution >= 0.6 is 0 Å². The Morgan fingerprint density at radius 1 is 1.06 bits per heavy atom. The second kappa shape index (κ2) is 7.79. The molecule has 0 aliphatic heterocycles. The van der Waals surface area contributed by atoms with Crippen molar-refractivity contribution in [3.63, 3.8) is 0 Å². The summed E-state index contributed by atoms with van der Waals surface area (Å²) >= 11 is 0. The third-order valence-corrected chi connectivity index (χ3v) is 5.99. The molecule has 1 aliphatic carbocycles. The second-order valence-electron chi connectivity index (χ2n) is 8.00. The molecular formula is C26H21F2NO3. The number of aromatic nitrogens is 1. The summed E-state index contributed by atoms with van der Waals surface area (Å²) in [6.07, 6.45) is 2.12. The molecule has 0 atom stereocenters. The lowest BCUT2D eigenvalue weighted by molar-refractivity contribution is 0.0696. The van der Waals surface area contributed by atoms with Gasteiger partial charge in [-0.3, -0.25) is 0 Å². The number of halogens is 2. The molecule has 0 bridgehead atoms. The van der Waals surface area contributed by atoms with Crippen molar-refractivity contribution in [2.75, 3.05) is 6.61 Å². The third kappa shape index (κ3) is 3.23. The van der Waals surface area contributed by atoms with Crippen molar-refractivity contribution in [2.45, 2.75) is 26.2 Å². The molecule has 5 rings (SSSR count). The first-order chi connectivity index (χ1) is 15.5. The van der Waals surface area contributed by atoms with Gasteiger partial charge in [0.2, 0.25) is 0 Å². The average molecular weight is 433 g/mol. The first kappa shape index (κ1) is 20.2. The average Bonchev–Trinajstić information content (AvgIpc) is 3.18. The van der Waals surface area contributed by atoms with Gasteiger partial charge in [0.1, 0.15) is 0 Å². The maximum absolute atomic E-state index is 15.6. The smallest absolute Gasteiger partial charge is 0.335 e. The van der Waals surface area contributed by atoms with Crippen LogP contribution in [0, 0.1) is 11.6 Å². The van der Waals surface area contributed by atoms with Crippen LogP contribution in [0.15, 0.2) is 48.5 Å². The van der Waals surface area contributed by atoms with Crippen LogP contribution in [0.1, 0.15) is 34.8 Å². The largest absolute Gasteiger partial charge is 0.491 e. The van der Waals surface area contributed by atoms with E-state index in [9.17, 15) is 14.3 Å². The number of aromatic carboxylic acids is 1. The predicted octanol–water partition coefficient (Wildman–Crippen LogP) is 6.37. The van der Waals surface area contributed by atoms with Gasteiger partial charge in [-0.15, -0.1) is 0 Å². The third-order valence-electron chi connectivity index (χ3n) is 5.99. The van der Waals surface area contributed by atoms with Crippen LogP contribution in [0.5, 0.6) is 5.75 Å². The van der Waals surface area contributed by atoms with Crippen molar-refractivity contribution >= 4 is 16.9 Å². The normalized spacial score (nSPS) is 12.5. The molecule has 0 spiro atoms. The fourth-order valence-electron chi connectivity index (χ4n) is 4.43. The van der Waals surface area contributed by atoms with Crippen molar-refractivity contribution in [3.8, 4) is 28.1 Å². The number of H-pyrrole nitrogens is 1. The maximum Gasteiger partial charge on any atom is 0.335 e. The zero-order valence-electron chi connectivity index (χ0n) is 17.5. The SMILES string of the molecule is CCCOc1cc(-c2ccc3c4c([nH]c3c2F)-c2ccc(C(=O)O)cc2CC4)ccc1F. The van der Waals surface area contributed by atoms with E-state index in [1.807, 2.05) is 13.0 Å². The molecule has 162 valence electrons. The van der Waals surface area contributed by atoms with E-state index in [4.69, 9.17) is 4.74 Å². The van der Waals surface area contributed by atoms with Gasteiger partial charge in [-0.2, -0.15) is 0 Å². The summed E-state index contributed by atoms with van der Waals surface area (Å²) in [4.78, 5) is 14.5. The molecule has 32 heavy (non-hydrogen) atoms. The van der Waals surface area contributed by atoms with E-state index in [-0.39, 0.29) is 11.3 Å². The van der Waals surface area contributed by atoms with Crippen molar-refractivity contribution in [1.82, 2.24) is 4.98 Å². The molecule has 4 aromatic rings. The van der Waals surface area contributed by atoms with Gasteiger partial charge >= 0.3 is 5.97 Å². The summed E-state index contributed by atoms with van der Waals surface area (Å²) in [5.74, 6) is -1.74. The Balaban J connectivity index is 1.62. The van der Waals surface area contributed by atoms with Gasteiger partial charge < -0.3 is 14.8 Å². The summed E-state index contributed by atoms with van der Waals surface area (Å²) < 4.78 is 35.2. The number of hydrogen-bond acceptors (Lipinski definition) is 2. The standard InChI is InChI=1S/C26H21F2NO3/c1-2-11-32-22-13-15(5-10-21(22)27)17-8-9-20-19-7-3-14-12-16(26(30)31)4-6-18(14)24(19)29-25(20)23(17)28/h4-6,8-10,12-13,29H,2-3,7,11H2,1H3,(H,30,31). The molecule has 0 radical (unpaired) electrons. The van der Waals surface area contributed by atoms with Gasteiger partial charge in [0.05, 0.1) is 23.4 Å². The Morgan fingerprint density at radius 2 is 1.88 bits per heavy atom. The first-order valence-electron chi connectivity index (χ1n) is 10.6. The molecule has 1 heterocycles. The summed E-state index contributed by atoms with van der Waals surface area (Å²) in [5.41, 5.74) is 5.20. The highest BCUT2D eigenvalue weighted by Crippen LogP contribution is 2.40. The number of fused-ring (bicyclic) bond motifs is 5. The highest BCUT2D eigenvalue weighted by atomic mass is 19.1. The molecule has 0 fully saturated rings. The molecule has 3 aromatic carbocycles. The first-order valence-corrected chi connectivity index (χ1v) is 10.6. The quantitative estimate of drug-likeness (QED) is 0.385. The molecule has 1 aliphatic rings. The second-order valence-corrected chi connectivity index (χ2v) is 8.00. The van der Waals surface area contributed by atoms with Crippen molar-refractivity contribution in [3.05, 3.63) is 76.9 Å². The van der Waals surface area contributed by atoms with Crippen LogP contribution in [0.25, 0.3) is 33.3 Å². The number of aromatic amines is 1. The van der Waals surface area contributed by atoms with Crippen LogP contribution in [0.4, 0.5) is 8.78 Å². The van der Waals surface area contributed by atoms with E-state index < -0.39 is 17.6 Å². The Kier molecular flexibility index (Phi) is 4.93. The predicted molar refractivity (Wildman–Crippen MR) is 119 cm³/mol. The fourth-order valence-corrected chi connectivity index (χ4v) is 4.43. The van der Waals surface area contributed by atoms with E-state index in [2.05, 4.69) is 4.98 Å². The zero-order valence-corrected chi connectivity index (χ0v) is 17.5. The molecule has 6 heteroatoms. The fraction of sp³-hybridized carbons (Fsp3) is 0.192. The number of rotatable bonds is 5. The van der Waals surface area contributed by atoms with E-state index in [1.165, 1.54) is 12.1 Å². The van der Waals surface area contributed by atoms with Crippen LogP contribution in [-0.2, 0) is 12.8 Å². The van der Waals surface area contributed by atoms with Gasteiger partial charge in [-0.05, 0) is 60.2 Å². The molecular weight excluding hydrogens is 412 g/mol. The topological polar surface area (TPSA) is 62.3 Å². The minimum atomic E-state index is -0.965. The summed E-state index contributed by atoms with van der Waals surface area (Å²) in [5, 5.41) is 10.1. The lowest BCUT2D eigenvalue weighted by atomic mass is 9.88. The number of carboxylic acids is 1. The molecule has 0 amide bonds. The number of benzene rings is 3. The number of hydrogen-bond donors (Lipinski definition) is 2. The van der Waals surface area contributed by atoms with E-state index in [0.717, 1.165) is 34.2 Å². The van der Waals surface area contributed by atoms with Crippen molar-refractivity contribution < 1.29 is 23.4 Å². The maximum atomic E-state index is 15.6. The molecule has 2 N–H and O–H groups in total. The van der Waals surface area contributed by atoms with Crippen LogP contribution in [0.2, 0.25) is 0 Å². The highest BCUT2D eigenvalue weighted by Gasteiger charge is 2.24. The molecule has 0 saturated heterocycles. The lowest BCUT2D eigenvalue weighted by Crippen LogP contribution is -2.05.